The highest BCUT2D eigenvalue weighted by molar-refractivity contribution is 8.19. The SMILES string of the molecule is CC(CN(C(=O)c1ccc(C2SCCS2)cc1)C1CC1)C(=O)O. The normalized spacial score (nSPS) is 19.5. The van der Waals surface area contributed by atoms with Gasteiger partial charge in [0.1, 0.15) is 0 Å². The fourth-order valence-corrected chi connectivity index (χ4v) is 5.52. The molecule has 1 unspecified atom stereocenters. The van der Waals surface area contributed by atoms with E-state index >= 15 is 0 Å². The summed E-state index contributed by atoms with van der Waals surface area (Å²) in [5.41, 5.74) is 1.91. The van der Waals surface area contributed by atoms with E-state index in [-0.39, 0.29) is 18.5 Å². The molecule has 1 aromatic carbocycles. The number of benzene rings is 1. The molecule has 124 valence electrons. The Bertz CT molecular complexity index is 580. The third-order valence-electron chi connectivity index (χ3n) is 4.19. The van der Waals surface area contributed by atoms with Crippen LogP contribution in [-0.4, -0.2) is 46.0 Å². The predicted octanol–water partition coefficient (Wildman–Crippen LogP) is 3.49. The zero-order valence-electron chi connectivity index (χ0n) is 13.1. The molecule has 0 aromatic heterocycles. The quantitative estimate of drug-likeness (QED) is 0.850. The van der Waals surface area contributed by atoms with Crippen LogP contribution in [0.5, 0.6) is 0 Å². The molecule has 1 amide bonds. The van der Waals surface area contributed by atoms with Crippen LogP contribution in [0.15, 0.2) is 24.3 Å². The van der Waals surface area contributed by atoms with Gasteiger partial charge in [-0.1, -0.05) is 19.1 Å². The van der Waals surface area contributed by atoms with Crippen LogP contribution in [0.25, 0.3) is 0 Å². The zero-order valence-corrected chi connectivity index (χ0v) is 14.7. The Kier molecular flexibility index (Phi) is 5.21. The van der Waals surface area contributed by atoms with Crippen molar-refractivity contribution in [2.45, 2.75) is 30.4 Å². The Morgan fingerprint density at radius 2 is 1.83 bits per heavy atom. The molecule has 1 saturated heterocycles. The van der Waals surface area contributed by atoms with Crippen molar-refractivity contribution in [1.29, 1.82) is 0 Å². The number of amides is 1. The number of aliphatic carboxylic acids is 1. The largest absolute Gasteiger partial charge is 0.481 e. The molecule has 6 heteroatoms. The molecular weight excluding hydrogens is 330 g/mol. The van der Waals surface area contributed by atoms with E-state index in [9.17, 15) is 9.59 Å². The monoisotopic (exact) mass is 351 g/mol. The molecule has 0 radical (unpaired) electrons. The van der Waals surface area contributed by atoms with Crippen LogP contribution < -0.4 is 0 Å². The zero-order chi connectivity index (χ0) is 16.4. The number of nitrogens with zero attached hydrogens (tertiary/aromatic N) is 1. The van der Waals surface area contributed by atoms with Gasteiger partial charge < -0.3 is 10.0 Å². The van der Waals surface area contributed by atoms with Gasteiger partial charge in [0.05, 0.1) is 10.5 Å². The number of hydrogen-bond acceptors (Lipinski definition) is 4. The summed E-state index contributed by atoms with van der Waals surface area (Å²) in [7, 11) is 0. The van der Waals surface area contributed by atoms with E-state index in [1.54, 1.807) is 11.8 Å². The maximum Gasteiger partial charge on any atom is 0.308 e. The van der Waals surface area contributed by atoms with Gasteiger partial charge in [0.25, 0.3) is 5.91 Å². The summed E-state index contributed by atoms with van der Waals surface area (Å²) in [6.45, 7) is 1.94. The van der Waals surface area contributed by atoms with Crippen molar-refractivity contribution in [1.82, 2.24) is 4.90 Å². The lowest BCUT2D eigenvalue weighted by Crippen LogP contribution is -2.38. The number of rotatable bonds is 6. The van der Waals surface area contributed by atoms with Crippen LogP contribution in [0.3, 0.4) is 0 Å². The number of carbonyl (C=O) groups excluding carboxylic acids is 1. The van der Waals surface area contributed by atoms with E-state index in [1.807, 2.05) is 47.8 Å². The molecule has 4 nitrogen and oxygen atoms in total. The Labute approximate surface area is 145 Å². The number of thioether (sulfide) groups is 2. The fraction of sp³-hybridized carbons (Fsp3) is 0.529. The molecule has 0 bridgehead atoms. The first kappa shape index (κ1) is 16.7. The summed E-state index contributed by atoms with van der Waals surface area (Å²) >= 11 is 3.89. The molecule has 1 heterocycles. The Morgan fingerprint density at radius 1 is 1.22 bits per heavy atom. The van der Waals surface area contributed by atoms with Gasteiger partial charge in [-0.25, -0.2) is 0 Å². The van der Waals surface area contributed by atoms with Crippen molar-refractivity contribution in [2.24, 2.45) is 5.92 Å². The van der Waals surface area contributed by atoms with Gasteiger partial charge in [-0.2, -0.15) is 0 Å². The second-order valence-corrected chi connectivity index (χ2v) is 8.85. The van der Waals surface area contributed by atoms with E-state index in [0.29, 0.717) is 10.1 Å². The average molecular weight is 351 g/mol. The predicted molar refractivity (Wildman–Crippen MR) is 95.0 cm³/mol. The standard InChI is InChI=1S/C17H21NO3S2/c1-11(16(20)21)10-18(14-6-7-14)15(19)12-2-4-13(5-3-12)17-22-8-9-23-17/h2-5,11,14,17H,6-10H2,1H3,(H,20,21). The van der Waals surface area contributed by atoms with Crippen LogP contribution in [0.2, 0.25) is 0 Å². The lowest BCUT2D eigenvalue weighted by Gasteiger charge is -2.24. The topological polar surface area (TPSA) is 57.6 Å². The summed E-state index contributed by atoms with van der Waals surface area (Å²) in [4.78, 5) is 25.6. The van der Waals surface area contributed by atoms with Gasteiger partial charge in [-0.3, -0.25) is 9.59 Å². The molecule has 1 aliphatic carbocycles. The fourth-order valence-electron chi connectivity index (χ4n) is 2.66. The van der Waals surface area contributed by atoms with Crippen LogP contribution in [0.4, 0.5) is 0 Å². The van der Waals surface area contributed by atoms with Crippen molar-refractivity contribution in [3.8, 4) is 0 Å². The van der Waals surface area contributed by atoms with E-state index in [4.69, 9.17) is 5.11 Å². The summed E-state index contributed by atoms with van der Waals surface area (Å²) in [5, 5.41) is 9.10. The minimum absolute atomic E-state index is 0.0427. The van der Waals surface area contributed by atoms with Gasteiger partial charge in [0.2, 0.25) is 0 Å². The van der Waals surface area contributed by atoms with Crippen molar-refractivity contribution in [3.63, 3.8) is 0 Å². The molecule has 2 fully saturated rings. The van der Waals surface area contributed by atoms with Crippen molar-refractivity contribution >= 4 is 35.4 Å². The molecule has 2 aliphatic rings. The third kappa shape index (κ3) is 4.04. The lowest BCUT2D eigenvalue weighted by molar-refractivity contribution is -0.141. The molecule has 1 aromatic rings. The van der Waals surface area contributed by atoms with Crippen molar-refractivity contribution < 1.29 is 14.7 Å². The molecule has 0 spiro atoms. The highest BCUT2D eigenvalue weighted by atomic mass is 32.2. The summed E-state index contributed by atoms with van der Waals surface area (Å²) in [5.74, 6) is 0.926. The number of carboxylic acid groups (broad SMARTS) is 1. The molecule has 1 aliphatic heterocycles. The highest BCUT2D eigenvalue weighted by Gasteiger charge is 2.35. The van der Waals surface area contributed by atoms with Crippen LogP contribution in [0, 0.1) is 5.92 Å². The molecule has 1 N–H and O–H groups in total. The maximum atomic E-state index is 12.7. The van der Waals surface area contributed by atoms with Gasteiger partial charge in [-0.05, 0) is 30.5 Å². The van der Waals surface area contributed by atoms with Gasteiger partial charge in [-0.15, -0.1) is 23.5 Å². The van der Waals surface area contributed by atoms with Crippen LogP contribution >= 0.6 is 23.5 Å². The maximum absolute atomic E-state index is 12.7. The van der Waals surface area contributed by atoms with E-state index < -0.39 is 11.9 Å². The first-order chi connectivity index (χ1) is 11.1. The van der Waals surface area contributed by atoms with Gasteiger partial charge in [0, 0.05) is 29.7 Å². The summed E-state index contributed by atoms with van der Waals surface area (Å²) in [6.07, 6.45) is 1.96. The van der Waals surface area contributed by atoms with E-state index in [0.717, 1.165) is 12.8 Å². The van der Waals surface area contributed by atoms with Crippen LogP contribution in [-0.2, 0) is 4.79 Å². The minimum Gasteiger partial charge on any atom is -0.481 e. The second kappa shape index (κ2) is 7.18. The van der Waals surface area contributed by atoms with Gasteiger partial charge in [0.15, 0.2) is 0 Å². The smallest absolute Gasteiger partial charge is 0.308 e. The third-order valence-corrected chi connectivity index (χ3v) is 7.30. The second-order valence-electron chi connectivity index (χ2n) is 6.12. The highest BCUT2D eigenvalue weighted by Crippen LogP contribution is 2.45. The average Bonchev–Trinajstić information content (AvgIpc) is 3.25. The molecule has 1 saturated carbocycles. The Balaban J connectivity index is 1.70. The molecule has 23 heavy (non-hydrogen) atoms. The number of carboxylic acids is 1. The molecular formula is C17H21NO3S2. The molecule has 3 rings (SSSR count). The first-order valence-corrected chi connectivity index (χ1v) is 10.0. The first-order valence-electron chi connectivity index (χ1n) is 7.93. The lowest BCUT2D eigenvalue weighted by atomic mass is 10.1. The summed E-state index contributed by atoms with van der Waals surface area (Å²) < 4.78 is 0.478. The molecule has 1 atom stereocenters. The van der Waals surface area contributed by atoms with Crippen LogP contribution in [0.1, 0.15) is 40.3 Å². The Hall–Kier alpha value is -1.14. The van der Waals surface area contributed by atoms with Crippen molar-refractivity contribution in [2.75, 3.05) is 18.1 Å². The number of hydrogen-bond donors (Lipinski definition) is 1. The summed E-state index contributed by atoms with van der Waals surface area (Å²) in [6, 6.07) is 8.06. The van der Waals surface area contributed by atoms with Crippen molar-refractivity contribution in [3.05, 3.63) is 35.4 Å². The minimum atomic E-state index is -0.853. The van der Waals surface area contributed by atoms with E-state index in [2.05, 4.69) is 0 Å². The number of carbonyl (C=O) groups is 2. The Morgan fingerprint density at radius 3 is 2.35 bits per heavy atom. The van der Waals surface area contributed by atoms with E-state index in [1.165, 1.54) is 17.1 Å². The van der Waals surface area contributed by atoms with Gasteiger partial charge >= 0.3 is 5.97 Å².